The summed E-state index contributed by atoms with van der Waals surface area (Å²) in [5.41, 5.74) is 1.35. The third-order valence-electron chi connectivity index (χ3n) is 5.57. The molecule has 162 valence electrons. The molecule has 1 fully saturated rings. The molecule has 0 atom stereocenters. The number of carbonyl (C=O) groups is 2. The molecule has 7 heteroatoms. The third-order valence-corrected chi connectivity index (χ3v) is 5.57. The van der Waals surface area contributed by atoms with E-state index in [-0.39, 0.29) is 29.5 Å². The fourth-order valence-corrected chi connectivity index (χ4v) is 3.55. The van der Waals surface area contributed by atoms with Gasteiger partial charge in [0.05, 0.1) is 13.7 Å². The first-order valence-electron chi connectivity index (χ1n) is 10.7. The summed E-state index contributed by atoms with van der Waals surface area (Å²) >= 11 is 0. The van der Waals surface area contributed by atoms with Crippen molar-refractivity contribution in [3.05, 3.63) is 47.3 Å². The predicted molar refractivity (Wildman–Crippen MR) is 113 cm³/mol. The van der Waals surface area contributed by atoms with Crippen LogP contribution in [0, 0.1) is 5.92 Å². The second-order valence-electron chi connectivity index (χ2n) is 7.74. The molecule has 0 unspecified atom stereocenters. The molecule has 1 heterocycles. The predicted octanol–water partition coefficient (Wildman–Crippen LogP) is 3.58. The highest BCUT2D eigenvalue weighted by molar-refractivity contribution is 5.92. The molecule has 1 aromatic carbocycles. The number of carbonyl (C=O) groups excluding carboxylic acids is 2. The van der Waals surface area contributed by atoms with E-state index >= 15 is 0 Å². The number of rotatable bonds is 11. The van der Waals surface area contributed by atoms with Crippen molar-refractivity contribution < 1.29 is 18.8 Å². The Labute approximate surface area is 177 Å². The van der Waals surface area contributed by atoms with Gasteiger partial charge in [-0.05, 0) is 49.8 Å². The zero-order chi connectivity index (χ0) is 21.5. The van der Waals surface area contributed by atoms with Gasteiger partial charge < -0.3 is 19.5 Å². The Morgan fingerprint density at radius 1 is 1.23 bits per heavy atom. The summed E-state index contributed by atoms with van der Waals surface area (Å²) in [7, 11) is 1.63. The number of methoxy groups -OCH3 is 1. The Balaban J connectivity index is 1.54. The molecule has 2 amide bonds. The average Bonchev–Trinajstić information content (AvgIpc) is 3.52. The lowest BCUT2D eigenvalue weighted by Crippen LogP contribution is -2.40. The number of ether oxygens (including phenoxy) is 1. The molecule has 0 saturated heterocycles. The van der Waals surface area contributed by atoms with Crippen molar-refractivity contribution in [1.82, 2.24) is 15.4 Å². The summed E-state index contributed by atoms with van der Waals surface area (Å²) in [5, 5.41) is 6.77. The molecule has 0 aliphatic heterocycles. The Hall–Kier alpha value is -2.83. The van der Waals surface area contributed by atoms with Crippen LogP contribution in [-0.4, -0.2) is 41.6 Å². The van der Waals surface area contributed by atoms with E-state index in [9.17, 15) is 9.59 Å². The second kappa shape index (κ2) is 10.3. The Bertz CT molecular complexity index is 838. The van der Waals surface area contributed by atoms with Gasteiger partial charge in [-0.2, -0.15) is 0 Å². The Morgan fingerprint density at radius 3 is 2.53 bits per heavy atom. The van der Waals surface area contributed by atoms with Crippen LogP contribution in [0.3, 0.4) is 0 Å². The van der Waals surface area contributed by atoms with Crippen molar-refractivity contribution in [2.75, 3.05) is 13.7 Å². The second-order valence-corrected chi connectivity index (χ2v) is 7.74. The summed E-state index contributed by atoms with van der Waals surface area (Å²) in [4.78, 5) is 27.0. The zero-order valence-electron chi connectivity index (χ0n) is 18.0. The van der Waals surface area contributed by atoms with Crippen molar-refractivity contribution in [3.63, 3.8) is 0 Å². The number of nitrogens with one attached hydrogen (secondary N) is 1. The van der Waals surface area contributed by atoms with E-state index < -0.39 is 0 Å². The summed E-state index contributed by atoms with van der Waals surface area (Å²) in [6, 6.07) is 9.55. The van der Waals surface area contributed by atoms with Gasteiger partial charge in [0.15, 0.2) is 11.5 Å². The third kappa shape index (κ3) is 5.62. The minimum absolute atomic E-state index is 0.147. The van der Waals surface area contributed by atoms with Crippen LogP contribution in [0.5, 0.6) is 5.75 Å². The maximum atomic E-state index is 12.7. The molecule has 7 nitrogen and oxygen atoms in total. The lowest BCUT2D eigenvalue weighted by molar-refractivity contribution is -0.136. The highest BCUT2D eigenvalue weighted by atomic mass is 16.5. The minimum Gasteiger partial charge on any atom is -0.497 e. The fourth-order valence-electron chi connectivity index (χ4n) is 3.55. The van der Waals surface area contributed by atoms with Gasteiger partial charge in [0.1, 0.15) is 5.75 Å². The number of nitrogens with zero attached hydrogens (tertiary/aromatic N) is 2. The molecule has 0 bridgehead atoms. The number of hydrogen-bond donors (Lipinski definition) is 1. The van der Waals surface area contributed by atoms with Crippen molar-refractivity contribution in [3.8, 4) is 5.75 Å². The summed E-state index contributed by atoms with van der Waals surface area (Å²) < 4.78 is 10.5. The lowest BCUT2D eigenvalue weighted by atomic mass is 10.1. The molecule has 1 N–H and O–H groups in total. The van der Waals surface area contributed by atoms with Crippen LogP contribution in [0.4, 0.5) is 0 Å². The quantitative estimate of drug-likeness (QED) is 0.609. The van der Waals surface area contributed by atoms with Gasteiger partial charge in [0.25, 0.3) is 5.91 Å². The molecule has 0 radical (unpaired) electrons. The number of hydrogen-bond acceptors (Lipinski definition) is 5. The standard InChI is InChI=1S/C23H31N3O4/c1-4-18(5-2)26(23(28)17-8-9-17)15-20-14-21(25-30-20)22(27)24-13-12-16-6-10-19(29-3)11-7-16/h6-7,10-11,14,17-18H,4-5,8-9,12-13,15H2,1-3H3,(H,24,27). The van der Waals surface area contributed by atoms with Gasteiger partial charge in [0, 0.05) is 24.6 Å². The van der Waals surface area contributed by atoms with Crippen molar-refractivity contribution in [2.45, 2.75) is 58.5 Å². The van der Waals surface area contributed by atoms with Crippen LogP contribution in [0.15, 0.2) is 34.9 Å². The topological polar surface area (TPSA) is 84.7 Å². The Kier molecular flexibility index (Phi) is 7.49. The molecule has 1 aromatic heterocycles. The first-order chi connectivity index (χ1) is 14.5. The van der Waals surface area contributed by atoms with E-state index in [4.69, 9.17) is 9.26 Å². The highest BCUT2D eigenvalue weighted by Crippen LogP contribution is 2.33. The SMILES string of the molecule is CCC(CC)N(Cc1cc(C(=O)NCCc2ccc(OC)cc2)no1)C(=O)C1CC1. The van der Waals surface area contributed by atoms with Crippen LogP contribution >= 0.6 is 0 Å². The van der Waals surface area contributed by atoms with E-state index in [2.05, 4.69) is 24.3 Å². The summed E-state index contributed by atoms with van der Waals surface area (Å²) in [6.45, 7) is 5.02. The van der Waals surface area contributed by atoms with Gasteiger partial charge in [-0.25, -0.2) is 0 Å². The first-order valence-corrected chi connectivity index (χ1v) is 10.7. The highest BCUT2D eigenvalue weighted by Gasteiger charge is 2.36. The largest absolute Gasteiger partial charge is 0.497 e. The monoisotopic (exact) mass is 413 g/mol. The normalized spacial score (nSPS) is 13.3. The number of benzene rings is 1. The summed E-state index contributed by atoms with van der Waals surface area (Å²) in [6.07, 6.45) is 4.42. The van der Waals surface area contributed by atoms with E-state index in [1.807, 2.05) is 29.2 Å². The molecule has 1 saturated carbocycles. The van der Waals surface area contributed by atoms with Gasteiger partial charge >= 0.3 is 0 Å². The van der Waals surface area contributed by atoms with Gasteiger partial charge in [-0.15, -0.1) is 0 Å². The van der Waals surface area contributed by atoms with Crippen molar-refractivity contribution >= 4 is 11.8 Å². The average molecular weight is 414 g/mol. The fraction of sp³-hybridized carbons (Fsp3) is 0.522. The van der Waals surface area contributed by atoms with E-state index in [1.54, 1.807) is 13.2 Å². The molecule has 2 aromatic rings. The van der Waals surface area contributed by atoms with Gasteiger partial charge in [-0.1, -0.05) is 31.1 Å². The van der Waals surface area contributed by atoms with Crippen molar-refractivity contribution in [1.29, 1.82) is 0 Å². The van der Waals surface area contributed by atoms with Gasteiger partial charge in [0.2, 0.25) is 5.91 Å². The molecule has 30 heavy (non-hydrogen) atoms. The van der Waals surface area contributed by atoms with E-state index in [0.29, 0.717) is 25.3 Å². The van der Waals surface area contributed by atoms with Crippen molar-refractivity contribution in [2.24, 2.45) is 5.92 Å². The summed E-state index contributed by atoms with van der Waals surface area (Å²) in [5.74, 6) is 1.40. The molecule has 0 spiro atoms. The van der Waals surface area contributed by atoms with Crippen LogP contribution in [0.2, 0.25) is 0 Å². The maximum absolute atomic E-state index is 12.7. The zero-order valence-corrected chi connectivity index (χ0v) is 18.0. The lowest BCUT2D eigenvalue weighted by Gasteiger charge is -2.29. The van der Waals surface area contributed by atoms with Crippen LogP contribution in [-0.2, 0) is 17.8 Å². The number of amides is 2. The van der Waals surface area contributed by atoms with E-state index in [1.165, 1.54) is 0 Å². The number of aromatic nitrogens is 1. The Morgan fingerprint density at radius 2 is 1.93 bits per heavy atom. The maximum Gasteiger partial charge on any atom is 0.273 e. The molecule has 1 aliphatic rings. The molecule has 1 aliphatic carbocycles. The van der Waals surface area contributed by atoms with Crippen LogP contribution < -0.4 is 10.1 Å². The molecular formula is C23H31N3O4. The van der Waals surface area contributed by atoms with Crippen LogP contribution in [0.25, 0.3) is 0 Å². The first kappa shape index (κ1) is 21.9. The van der Waals surface area contributed by atoms with E-state index in [0.717, 1.165) is 37.0 Å². The minimum atomic E-state index is -0.277. The molecular weight excluding hydrogens is 382 g/mol. The van der Waals surface area contributed by atoms with Gasteiger partial charge in [-0.3, -0.25) is 9.59 Å². The smallest absolute Gasteiger partial charge is 0.273 e. The van der Waals surface area contributed by atoms with Crippen LogP contribution in [0.1, 0.15) is 61.3 Å². The molecule has 3 rings (SSSR count).